The van der Waals surface area contributed by atoms with E-state index in [-0.39, 0.29) is 5.92 Å². The lowest BCUT2D eigenvalue weighted by Gasteiger charge is -2.28. The van der Waals surface area contributed by atoms with Gasteiger partial charge in [0.15, 0.2) is 0 Å². The maximum atomic E-state index is 11.3. The molecule has 1 fully saturated rings. The van der Waals surface area contributed by atoms with Crippen molar-refractivity contribution in [1.82, 2.24) is 20.8 Å². The summed E-state index contributed by atoms with van der Waals surface area (Å²) in [6.07, 6.45) is 19.3. The van der Waals surface area contributed by atoms with Crippen LogP contribution in [0.1, 0.15) is 75.2 Å². The van der Waals surface area contributed by atoms with E-state index in [1.165, 1.54) is 31.8 Å². The number of unbranched alkanes of at least 4 members (excludes halogenated alkanes) is 1. The van der Waals surface area contributed by atoms with Gasteiger partial charge in [-0.25, -0.2) is 15.4 Å². The number of nitriles is 1. The lowest BCUT2D eigenvalue weighted by Crippen LogP contribution is -2.27. The second kappa shape index (κ2) is 14.3. The van der Waals surface area contributed by atoms with E-state index in [1.54, 1.807) is 17.9 Å². The van der Waals surface area contributed by atoms with Gasteiger partial charge in [-0.3, -0.25) is 15.0 Å². The van der Waals surface area contributed by atoms with Crippen molar-refractivity contribution in [2.45, 2.75) is 65.2 Å². The van der Waals surface area contributed by atoms with Crippen LogP contribution in [0.3, 0.4) is 0 Å². The van der Waals surface area contributed by atoms with Crippen LogP contribution in [0.4, 0.5) is 0 Å². The number of amidine groups is 1. The SMILES string of the molecule is CCC/C=C\c1c(C)ncnc1C1=CC(C(CC#N)C2CCCC2)CCN=C1NC/C=C/C(=O)NO. The van der Waals surface area contributed by atoms with Crippen molar-refractivity contribution < 1.29 is 10.0 Å². The molecule has 0 bridgehead atoms. The molecule has 36 heavy (non-hydrogen) atoms. The van der Waals surface area contributed by atoms with Gasteiger partial charge in [-0.15, -0.1) is 0 Å². The van der Waals surface area contributed by atoms with Gasteiger partial charge in [-0.1, -0.05) is 63.3 Å². The Morgan fingerprint density at radius 2 is 2.08 bits per heavy atom. The van der Waals surface area contributed by atoms with Crippen LogP contribution >= 0.6 is 0 Å². The fraction of sp³-hybridized carbons (Fsp3) is 0.536. The summed E-state index contributed by atoms with van der Waals surface area (Å²) in [4.78, 5) is 25.4. The molecule has 1 aromatic rings. The number of nitrogens with one attached hydrogen (secondary N) is 2. The molecule has 1 aliphatic carbocycles. The number of carbonyl (C=O) groups excluding carboxylic acids is 1. The second-order valence-electron chi connectivity index (χ2n) is 9.51. The van der Waals surface area contributed by atoms with Crippen molar-refractivity contribution in [3.05, 3.63) is 47.6 Å². The highest BCUT2D eigenvalue weighted by molar-refractivity contribution is 6.23. The average Bonchev–Trinajstić information content (AvgIpc) is 3.34. The first-order valence-electron chi connectivity index (χ1n) is 13.1. The molecule has 2 aliphatic rings. The molecular formula is C28H38N6O2. The van der Waals surface area contributed by atoms with Crippen molar-refractivity contribution in [3.63, 3.8) is 0 Å². The van der Waals surface area contributed by atoms with Gasteiger partial charge >= 0.3 is 0 Å². The minimum Gasteiger partial charge on any atom is -0.366 e. The molecular weight excluding hydrogens is 452 g/mol. The highest BCUT2D eigenvalue weighted by atomic mass is 16.5. The number of allylic oxidation sites excluding steroid dienone is 2. The second-order valence-corrected chi connectivity index (χ2v) is 9.51. The zero-order chi connectivity index (χ0) is 25.8. The van der Waals surface area contributed by atoms with Gasteiger partial charge in [-0.2, -0.15) is 5.26 Å². The Bertz CT molecular complexity index is 1050. The normalized spacial score (nSPS) is 19.6. The van der Waals surface area contributed by atoms with Crippen molar-refractivity contribution in [1.29, 1.82) is 5.26 Å². The monoisotopic (exact) mass is 490 g/mol. The number of aliphatic imine (C=N–C) groups is 1. The third kappa shape index (κ3) is 7.34. The maximum absolute atomic E-state index is 11.3. The predicted octanol–water partition coefficient (Wildman–Crippen LogP) is 4.77. The van der Waals surface area contributed by atoms with Crippen LogP contribution in [-0.4, -0.2) is 40.0 Å². The van der Waals surface area contributed by atoms with Gasteiger partial charge in [0.05, 0.1) is 11.8 Å². The number of carbonyl (C=O) groups is 1. The lowest BCUT2D eigenvalue weighted by atomic mass is 9.76. The molecule has 8 nitrogen and oxygen atoms in total. The van der Waals surface area contributed by atoms with E-state index in [0.29, 0.717) is 31.3 Å². The third-order valence-corrected chi connectivity index (χ3v) is 7.10. The topological polar surface area (TPSA) is 123 Å². The Morgan fingerprint density at radius 1 is 1.28 bits per heavy atom. The van der Waals surface area contributed by atoms with Crippen molar-refractivity contribution in [2.24, 2.45) is 22.7 Å². The summed E-state index contributed by atoms with van der Waals surface area (Å²) >= 11 is 0. The number of amides is 1. The van der Waals surface area contributed by atoms with Crippen LogP contribution in [0, 0.1) is 36.0 Å². The number of hydrogen-bond donors (Lipinski definition) is 3. The van der Waals surface area contributed by atoms with Gasteiger partial charge < -0.3 is 5.32 Å². The zero-order valence-electron chi connectivity index (χ0n) is 21.4. The minimum atomic E-state index is -0.582. The summed E-state index contributed by atoms with van der Waals surface area (Å²) in [5, 5.41) is 21.7. The van der Waals surface area contributed by atoms with Crippen LogP contribution in [-0.2, 0) is 4.79 Å². The number of rotatable bonds is 10. The Labute approximate surface area is 214 Å². The van der Waals surface area contributed by atoms with Crippen LogP contribution in [0.5, 0.6) is 0 Å². The van der Waals surface area contributed by atoms with Gasteiger partial charge in [0.1, 0.15) is 12.2 Å². The Morgan fingerprint density at radius 3 is 2.81 bits per heavy atom. The van der Waals surface area contributed by atoms with Crippen molar-refractivity contribution >= 4 is 23.4 Å². The highest BCUT2D eigenvalue weighted by Gasteiger charge is 2.32. The lowest BCUT2D eigenvalue weighted by molar-refractivity contribution is -0.124. The van der Waals surface area contributed by atoms with E-state index >= 15 is 0 Å². The quantitative estimate of drug-likeness (QED) is 0.247. The fourth-order valence-corrected chi connectivity index (χ4v) is 5.25. The Balaban J connectivity index is 2.02. The van der Waals surface area contributed by atoms with Gasteiger partial charge in [0, 0.05) is 42.4 Å². The molecule has 2 atom stereocenters. The number of aryl methyl sites for hydroxylation is 1. The minimum absolute atomic E-state index is 0.226. The highest BCUT2D eigenvalue weighted by Crippen LogP contribution is 2.40. The summed E-state index contributed by atoms with van der Waals surface area (Å²) in [5.41, 5.74) is 5.21. The molecule has 0 saturated heterocycles. The van der Waals surface area contributed by atoms with Gasteiger partial charge in [0.25, 0.3) is 5.91 Å². The van der Waals surface area contributed by atoms with E-state index in [9.17, 15) is 10.1 Å². The molecule has 0 radical (unpaired) electrons. The largest absolute Gasteiger partial charge is 0.366 e. The van der Waals surface area contributed by atoms with Gasteiger partial charge in [-0.05, 0) is 37.5 Å². The Hall–Kier alpha value is -3.31. The molecule has 3 rings (SSSR count). The van der Waals surface area contributed by atoms with E-state index in [2.05, 4.69) is 41.5 Å². The average molecular weight is 491 g/mol. The van der Waals surface area contributed by atoms with E-state index in [4.69, 9.17) is 15.2 Å². The molecule has 1 amide bonds. The van der Waals surface area contributed by atoms with Crippen molar-refractivity contribution in [3.8, 4) is 6.07 Å². The fourth-order valence-electron chi connectivity index (χ4n) is 5.25. The van der Waals surface area contributed by atoms with Crippen molar-refractivity contribution in [2.75, 3.05) is 13.1 Å². The molecule has 8 heteroatoms. The van der Waals surface area contributed by atoms with E-state index < -0.39 is 5.91 Å². The molecule has 0 aromatic carbocycles. The summed E-state index contributed by atoms with van der Waals surface area (Å²) in [6.45, 7) is 5.15. The van der Waals surface area contributed by atoms with E-state index in [0.717, 1.165) is 47.6 Å². The summed E-state index contributed by atoms with van der Waals surface area (Å²) in [5.74, 6) is 1.23. The maximum Gasteiger partial charge on any atom is 0.267 e. The number of aromatic nitrogens is 2. The molecule has 2 unspecified atom stereocenters. The van der Waals surface area contributed by atoms with Crippen LogP contribution in [0.25, 0.3) is 11.6 Å². The first kappa shape index (κ1) is 27.3. The Kier molecular flexibility index (Phi) is 10.8. The molecule has 3 N–H and O–H groups in total. The summed E-state index contributed by atoms with van der Waals surface area (Å²) in [7, 11) is 0. The first-order chi connectivity index (χ1) is 17.6. The van der Waals surface area contributed by atoms with Crippen LogP contribution in [0.2, 0.25) is 0 Å². The predicted molar refractivity (Wildman–Crippen MR) is 142 cm³/mol. The van der Waals surface area contributed by atoms with E-state index in [1.807, 2.05) is 6.92 Å². The van der Waals surface area contributed by atoms with Crippen LogP contribution in [0.15, 0.2) is 35.6 Å². The number of nitrogens with zero attached hydrogens (tertiary/aromatic N) is 4. The summed E-state index contributed by atoms with van der Waals surface area (Å²) in [6, 6.07) is 2.45. The number of hydroxylamine groups is 1. The molecule has 0 spiro atoms. The standard InChI is InChI=1S/C28H38N6O2/c1-3-4-5-11-23-20(2)32-19-33-27(23)25-18-22(24(13-15-29)21-9-6-7-10-21)14-17-31-28(25)30-16-8-12-26(35)34-36/h5,8,11-12,18-19,21-22,24,36H,3-4,6-7,9-10,13-14,16-17H2,1-2H3,(H,30,31)(H,34,35)/b11-5-,12-8+. The molecule has 1 aromatic heterocycles. The van der Waals surface area contributed by atoms with Gasteiger partial charge in [0.2, 0.25) is 0 Å². The molecule has 2 heterocycles. The molecule has 192 valence electrons. The molecule has 1 saturated carbocycles. The zero-order valence-corrected chi connectivity index (χ0v) is 21.4. The van der Waals surface area contributed by atoms with Crippen LogP contribution < -0.4 is 10.8 Å². The third-order valence-electron chi connectivity index (χ3n) is 7.10. The smallest absolute Gasteiger partial charge is 0.267 e. The number of hydrogen-bond acceptors (Lipinski definition) is 7. The molecule has 1 aliphatic heterocycles. The first-order valence-corrected chi connectivity index (χ1v) is 13.1. The summed E-state index contributed by atoms with van der Waals surface area (Å²) < 4.78 is 0.